The van der Waals surface area contributed by atoms with Crippen LogP contribution in [0.25, 0.3) is 0 Å². The molecule has 1 aliphatic rings. The number of nitrogens with zero attached hydrogens (tertiary/aromatic N) is 1. The Morgan fingerprint density at radius 2 is 1.95 bits per heavy atom. The van der Waals surface area contributed by atoms with E-state index in [0.717, 1.165) is 12.1 Å². The highest BCUT2D eigenvalue weighted by molar-refractivity contribution is 6.64. The molecule has 0 aromatic heterocycles. The number of hydrogen-bond acceptors (Lipinski definition) is 3. The molecule has 0 aliphatic carbocycles. The average molecular weight is 322 g/mol. The van der Waals surface area contributed by atoms with Crippen LogP contribution < -0.4 is 0 Å². The Hall–Kier alpha value is -1.76. The molecule has 1 saturated heterocycles. The van der Waals surface area contributed by atoms with E-state index < -0.39 is 35.3 Å². The Kier molecular flexibility index (Phi) is 3.88. The third-order valence-corrected chi connectivity index (χ3v) is 3.40. The summed E-state index contributed by atoms with van der Waals surface area (Å²) in [6.45, 7) is 2.98. The fraction of sp³-hybridized carbons (Fsp3) is 0.385. The number of hydrogen-bond donors (Lipinski definition) is 0. The van der Waals surface area contributed by atoms with E-state index in [9.17, 15) is 22.8 Å². The Balaban J connectivity index is 2.42. The first-order valence-corrected chi connectivity index (χ1v) is 6.37. The van der Waals surface area contributed by atoms with Crippen molar-refractivity contribution in [2.45, 2.75) is 32.2 Å². The first kappa shape index (κ1) is 15.6. The van der Waals surface area contributed by atoms with E-state index in [1.165, 1.54) is 19.9 Å². The quantitative estimate of drug-likeness (QED) is 0.573. The van der Waals surface area contributed by atoms with Gasteiger partial charge in [0.15, 0.2) is 0 Å². The number of cyclic esters (lactones) is 1. The molecular formula is C13H11ClF3NO3. The zero-order valence-corrected chi connectivity index (χ0v) is 11.8. The van der Waals surface area contributed by atoms with E-state index >= 15 is 0 Å². The fourth-order valence-electron chi connectivity index (χ4n) is 2.28. The molecule has 0 spiro atoms. The third-order valence-electron chi connectivity index (χ3n) is 3.21. The standard InChI is InChI=1S/C13H11ClF3NO3/c1-6-3-8(5-9(4-6)13(15,16)17)10-7(2)18(11(14)19)12(20)21-10/h3-5,7,10H,1-2H3/t7-,10?/m0/s1. The highest BCUT2D eigenvalue weighted by Gasteiger charge is 2.43. The summed E-state index contributed by atoms with van der Waals surface area (Å²) in [5.41, 5.74) is -0.293. The highest BCUT2D eigenvalue weighted by atomic mass is 35.5. The maximum atomic E-state index is 12.8. The predicted molar refractivity (Wildman–Crippen MR) is 68.0 cm³/mol. The van der Waals surface area contributed by atoms with Crippen molar-refractivity contribution in [1.29, 1.82) is 0 Å². The van der Waals surface area contributed by atoms with Gasteiger partial charge >= 0.3 is 17.6 Å². The van der Waals surface area contributed by atoms with Gasteiger partial charge in [0.25, 0.3) is 0 Å². The van der Waals surface area contributed by atoms with E-state index in [1.54, 1.807) is 0 Å². The van der Waals surface area contributed by atoms with E-state index in [1.807, 2.05) is 0 Å². The third kappa shape index (κ3) is 2.97. The lowest BCUT2D eigenvalue weighted by Crippen LogP contribution is -2.34. The summed E-state index contributed by atoms with van der Waals surface area (Å²) >= 11 is 5.27. The number of rotatable bonds is 1. The van der Waals surface area contributed by atoms with Crippen molar-refractivity contribution in [2.75, 3.05) is 0 Å². The highest BCUT2D eigenvalue weighted by Crippen LogP contribution is 2.37. The van der Waals surface area contributed by atoms with Gasteiger partial charge in [-0.15, -0.1) is 0 Å². The molecule has 2 atom stereocenters. The van der Waals surface area contributed by atoms with Crippen LogP contribution in [0.5, 0.6) is 0 Å². The zero-order valence-electron chi connectivity index (χ0n) is 11.1. The number of imide groups is 1. The number of aryl methyl sites for hydroxylation is 1. The van der Waals surface area contributed by atoms with Crippen molar-refractivity contribution in [3.63, 3.8) is 0 Å². The number of halogens is 4. The lowest BCUT2D eigenvalue weighted by Gasteiger charge is -2.18. The molecule has 0 radical (unpaired) electrons. The predicted octanol–water partition coefficient (Wildman–Crippen LogP) is 4.25. The minimum Gasteiger partial charge on any atom is -0.439 e. The molecule has 4 nitrogen and oxygen atoms in total. The molecule has 0 saturated carbocycles. The molecule has 1 unspecified atom stereocenters. The number of carbonyl (C=O) groups is 2. The van der Waals surface area contributed by atoms with Gasteiger partial charge in [0.2, 0.25) is 0 Å². The molecule has 0 bridgehead atoms. The van der Waals surface area contributed by atoms with Gasteiger partial charge in [0.05, 0.1) is 11.6 Å². The average Bonchev–Trinajstić information content (AvgIpc) is 2.62. The monoisotopic (exact) mass is 321 g/mol. The van der Waals surface area contributed by atoms with Crippen LogP contribution in [0, 0.1) is 6.92 Å². The second-order valence-corrected chi connectivity index (χ2v) is 5.12. The maximum absolute atomic E-state index is 12.8. The maximum Gasteiger partial charge on any atom is 0.418 e. The van der Waals surface area contributed by atoms with Crippen LogP contribution in [-0.4, -0.2) is 22.4 Å². The van der Waals surface area contributed by atoms with Crippen molar-refractivity contribution in [1.82, 2.24) is 4.90 Å². The van der Waals surface area contributed by atoms with Crippen LogP contribution in [0.15, 0.2) is 18.2 Å². The molecule has 0 N–H and O–H groups in total. The summed E-state index contributed by atoms with van der Waals surface area (Å²) in [5, 5.41) is -1.03. The molecule has 1 heterocycles. The van der Waals surface area contributed by atoms with Gasteiger partial charge in [-0.1, -0.05) is 11.6 Å². The summed E-state index contributed by atoms with van der Waals surface area (Å²) in [7, 11) is 0. The van der Waals surface area contributed by atoms with Crippen molar-refractivity contribution in [2.24, 2.45) is 0 Å². The van der Waals surface area contributed by atoms with Crippen molar-refractivity contribution in [3.05, 3.63) is 34.9 Å². The van der Waals surface area contributed by atoms with Gasteiger partial charge in [-0.25, -0.2) is 9.69 Å². The topological polar surface area (TPSA) is 46.6 Å². The normalized spacial score (nSPS) is 22.4. The first-order valence-electron chi connectivity index (χ1n) is 5.99. The van der Waals surface area contributed by atoms with Crippen molar-refractivity contribution in [3.8, 4) is 0 Å². The number of carbonyl (C=O) groups excluding carboxylic acids is 2. The Morgan fingerprint density at radius 1 is 1.33 bits per heavy atom. The number of ether oxygens (including phenoxy) is 1. The molecule has 2 amide bonds. The number of alkyl halides is 3. The summed E-state index contributed by atoms with van der Waals surface area (Å²) in [4.78, 5) is 23.4. The van der Waals surface area contributed by atoms with E-state index in [-0.39, 0.29) is 5.56 Å². The van der Waals surface area contributed by atoms with Crippen molar-refractivity contribution < 1.29 is 27.5 Å². The Bertz CT molecular complexity index is 603. The van der Waals surface area contributed by atoms with E-state index in [2.05, 4.69) is 0 Å². The van der Waals surface area contributed by atoms with Crippen LogP contribution in [-0.2, 0) is 10.9 Å². The molecular weight excluding hydrogens is 311 g/mol. The largest absolute Gasteiger partial charge is 0.439 e. The minimum absolute atomic E-state index is 0.170. The first-order chi connectivity index (χ1) is 9.61. The molecule has 2 rings (SSSR count). The van der Waals surface area contributed by atoms with Crippen LogP contribution >= 0.6 is 11.6 Å². The SMILES string of the molecule is Cc1cc(C2OC(=O)N(C(=O)Cl)[C@H]2C)cc(C(F)(F)F)c1. The van der Waals surface area contributed by atoms with Gasteiger partial charge in [-0.2, -0.15) is 13.2 Å². The van der Waals surface area contributed by atoms with Crippen LogP contribution in [0.2, 0.25) is 0 Å². The molecule has 1 fully saturated rings. The van der Waals surface area contributed by atoms with E-state index in [0.29, 0.717) is 10.5 Å². The van der Waals surface area contributed by atoms with Gasteiger partial charge in [-0.3, -0.25) is 4.79 Å². The van der Waals surface area contributed by atoms with Gasteiger partial charge in [0, 0.05) is 0 Å². The lowest BCUT2D eigenvalue weighted by atomic mass is 9.98. The van der Waals surface area contributed by atoms with Crippen LogP contribution in [0.1, 0.15) is 29.7 Å². The zero-order chi connectivity index (χ0) is 15.9. The molecule has 1 aliphatic heterocycles. The number of amides is 2. The summed E-state index contributed by atoms with van der Waals surface area (Å²) in [5.74, 6) is 0. The van der Waals surface area contributed by atoms with Gasteiger partial charge < -0.3 is 4.74 Å². The molecule has 8 heteroatoms. The van der Waals surface area contributed by atoms with E-state index in [4.69, 9.17) is 16.3 Å². The Labute approximate surface area is 123 Å². The van der Waals surface area contributed by atoms with Crippen LogP contribution in [0.4, 0.5) is 22.8 Å². The molecule has 1 aromatic carbocycles. The van der Waals surface area contributed by atoms with Crippen LogP contribution in [0.3, 0.4) is 0 Å². The van der Waals surface area contributed by atoms with Gasteiger partial charge in [0.1, 0.15) is 6.10 Å². The second kappa shape index (κ2) is 5.22. The van der Waals surface area contributed by atoms with Gasteiger partial charge in [-0.05, 0) is 43.1 Å². The smallest absolute Gasteiger partial charge is 0.418 e. The molecule has 1 aromatic rings. The fourth-order valence-corrected chi connectivity index (χ4v) is 2.51. The second-order valence-electron chi connectivity index (χ2n) is 4.80. The van der Waals surface area contributed by atoms with Crippen molar-refractivity contribution >= 4 is 23.1 Å². The summed E-state index contributed by atoms with van der Waals surface area (Å²) < 4.78 is 43.4. The summed E-state index contributed by atoms with van der Waals surface area (Å²) in [6.07, 6.45) is -6.46. The minimum atomic E-state index is -4.51. The molecule has 114 valence electrons. The Morgan fingerprint density at radius 3 is 2.43 bits per heavy atom. The lowest BCUT2D eigenvalue weighted by molar-refractivity contribution is -0.137. The molecule has 21 heavy (non-hydrogen) atoms. The number of benzene rings is 1. The summed E-state index contributed by atoms with van der Waals surface area (Å²) in [6, 6.07) is 2.59.